The lowest BCUT2D eigenvalue weighted by atomic mass is 10.0. The van der Waals surface area contributed by atoms with Crippen LogP contribution in [0.15, 0.2) is 40.8 Å². The number of aryl methyl sites for hydroxylation is 2. The fourth-order valence-electron chi connectivity index (χ4n) is 1.80. The lowest BCUT2D eigenvalue weighted by Gasteiger charge is -2.01. The molecule has 1 aromatic carbocycles. The van der Waals surface area contributed by atoms with Crippen LogP contribution in [-0.4, -0.2) is 18.9 Å². The van der Waals surface area contributed by atoms with Gasteiger partial charge in [0.15, 0.2) is 5.78 Å². The lowest BCUT2D eigenvalue weighted by Crippen LogP contribution is -1.98. The highest BCUT2D eigenvalue weighted by Gasteiger charge is 2.10. The molecule has 0 fully saturated rings. The minimum atomic E-state index is -0.546. The van der Waals surface area contributed by atoms with Crippen molar-refractivity contribution in [2.24, 2.45) is 0 Å². The Hall–Kier alpha value is -2.62. The highest BCUT2D eigenvalue weighted by molar-refractivity contribution is 6.06. The van der Waals surface area contributed by atoms with Crippen molar-refractivity contribution in [3.63, 3.8) is 0 Å². The van der Waals surface area contributed by atoms with E-state index in [-0.39, 0.29) is 11.5 Å². The molecule has 0 atom stereocenters. The Morgan fingerprint density at radius 3 is 2.52 bits per heavy atom. The van der Waals surface area contributed by atoms with Gasteiger partial charge in [0.1, 0.15) is 5.76 Å². The Bertz CT molecular complexity index is 707. The van der Waals surface area contributed by atoms with E-state index in [2.05, 4.69) is 4.74 Å². The summed E-state index contributed by atoms with van der Waals surface area (Å²) >= 11 is 0. The molecule has 2 rings (SSSR count). The summed E-state index contributed by atoms with van der Waals surface area (Å²) in [5.74, 6) is -0.132. The molecule has 4 heteroatoms. The maximum absolute atomic E-state index is 12.1. The van der Waals surface area contributed by atoms with Crippen molar-refractivity contribution >= 4 is 17.8 Å². The molecule has 0 spiro atoms. The van der Waals surface area contributed by atoms with Gasteiger partial charge in [-0.2, -0.15) is 0 Å². The van der Waals surface area contributed by atoms with E-state index in [0.717, 1.165) is 11.1 Å². The molecule has 0 unspecified atom stereocenters. The highest BCUT2D eigenvalue weighted by Crippen LogP contribution is 2.13. The van der Waals surface area contributed by atoms with Crippen LogP contribution in [0.5, 0.6) is 0 Å². The van der Waals surface area contributed by atoms with Crippen LogP contribution in [0.1, 0.15) is 37.8 Å². The molecule has 1 aromatic heterocycles. The molecule has 0 aliphatic heterocycles. The van der Waals surface area contributed by atoms with Gasteiger partial charge >= 0.3 is 5.97 Å². The van der Waals surface area contributed by atoms with Crippen LogP contribution in [0.3, 0.4) is 0 Å². The number of carbonyl (C=O) groups is 2. The number of methoxy groups -OCH3 is 1. The van der Waals surface area contributed by atoms with Gasteiger partial charge in [0.05, 0.1) is 7.11 Å². The Labute approximate surface area is 123 Å². The zero-order valence-electron chi connectivity index (χ0n) is 12.2. The summed E-state index contributed by atoms with van der Waals surface area (Å²) in [6.45, 7) is 3.96. The van der Waals surface area contributed by atoms with Gasteiger partial charge < -0.3 is 9.15 Å². The van der Waals surface area contributed by atoms with Crippen LogP contribution in [0.2, 0.25) is 0 Å². The van der Waals surface area contributed by atoms with Gasteiger partial charge in [-0.1, -0.05) is 12.1 Å². The van der Waals surface area contributed by atoms with Gasteiger partial charge in [0.2, 0.25) is 5.76 Å². The second-order valence-electron chi connectivity index (χ2n) is 4.69. The fraction of sp³-hybridized carbons (Fsp3) is 0.176. The molecular weight excluding hydrogens is 268 g/mol. The Morgan fingerprint density at radius 1 is 1.10 bits per heavy atom. The lowest BCUT2D eigenvalue weighted by molar-refractivity contribution is 0.0564. The molecule has 0 aliphatic carbocycles. The van der Waals surface area contributed by atoms with Crippen molar-refractivity contribution in [3.8, 4) is 0 Å². The molecule has 2 aromatic rings. The quantitative estimate of drug-likeness (QED) is 0.489. The first-order valence-corrected chi connectivity index (χ1v) is 6.49. The number of esters is 1. The van der Waals surface area contributed by atoms with Crippen LogP contribution in [-0.2, 0) is 4.74 Å². The fourth-order valence-corrected chi connectivity index (χ4v) is 1.80. The Kier molecular flexibility index (Phi) is 4.38. The van der Waals surface area contributed by atoms with Crippen molar-refractivity contribution in [2.75, 3.05) is 7.11 Å². The van der Waals surface area contributed by atoms with Gasteiger partial charge in [-0.3, -0.25) is 4.79 Å². The molecule has 0 N–H and O–H groups in total. The van der Waals surface area contributed by atoms with E-state index in [0.29, 0.717) is 11.3 Å². The number of furan rings is 1. The monoisotopic (exact) mass is 284 g/mol. The zero-order chi connectivity index (χ0) is 15.4. The minimum absolute atomic E-state index is 0.107. The second kappa shape index (κ2) is 6.22. The van der Waals surface area contributed by atoms with Crippen LogP contribution >= 0.6 is 0 Å². The molecule has 0 saturated heterocycles. The number of benzene rings is 1. The third-order valence-electron chi connectivity index (χ3n) is 3.20. The van der Waals surface area contributed by atoms with E-state index in [1.165, 1.54) is 25.3 Å². The van der Waals surface area contributed by atoms with Crippen LogP contribution < -0.4 is 0 Å². The van der Waals surface area contributed by atoms with Crippen molar-refractivity contribution < 1.29 is 18.7 Å². The molecule has 0 bridgehead atoms. The molecule has 4 nitrogen and oxygen atoms in total. The number of hydrogen-bond acceptors (Lipinski definition) is 4. The van der Waals surface area contributed by atoms with E-state index in [1.807, 2.05) is 26.0 Å². The van der Waals surface area contributed by atoms with Gasteiger partial charge in [-0.15, -0.1) is 0 Å². The predicted octanol–water partition coefficient (Wildman–Crippen LogP) is 3.58. The zero-order valence-corrected chi connectivity index (χ0v) is 12.2. The summed E-state index contributed by atoms with van der Waals surface area (Å²) in [6.07, 6.45) is 2.95. The molecule has 0 amide bonds. The third-order valence-corrected chi connectivity index (χ3v) is 3.20. The first kappa shape index (κ1) is 14.8. The van der Waals surface area contributed by atoms with Crippen molar-refractivity contribution in [3.05, 3.63) is 64.6 Å². The van der Waals surface area contributed by atoms with E-state index in [4.69, 9.17) is 4.42 Å². The van der Waals surface area contributed by atoms with Crippen LogP contribution in [0.25, 0.3) is 6.08 Å². The normalized spacial score (nSPS) is 10.8. The number of ether oxygens (including phenoxy) is 1. The standard InChI is InChI=1S/C17H16O4/c1-11-4-5-13(10-12(11)2)15(18)8-6-14-7-9-16(21-14)17(19)20-3/h4-10H,1-3H3/b8-6+. The summed E-state index contributed by atoms with van der Waals surface area (Å²) in [6, 6.07) is 8.67. The molecular formula is C17H16O4. The summed E-state index contributed by atoms with van der Waals surface area (Å²) in [7, 11) is 1.28. The van der Waals surface area contributed by atoms with Crippen molar-refractivity contribution in [2.45, 2.75) is 13.8 Å². The van der Waals surface area contributed by atoms with E-state index in [9.17, 15) is 9.59 Å². The largest absolute Gasteiger partial charge is 0.463 e. The van der Waals surface area contributed by atoms with E-state index >= 15 is 0 Å². The predicted molar refractivity (Wildman–Crippen MR) is 79.3 cm³/mol. The van der Waals surface area contributed by atoms with Crippen LogP contribution in [0, 0.1) is 13.8 Å². The minimum Gasteiger partial charge on any atom is -0.463 e. The maximum atomic E-state index is 12.1. The third kappa shape index (κ3) is 3.48. The second-order valence-corrected chi connectivity index (χ2v) is 4.69. The van der Waals surface area contributed by atoms with E-state index in [1.54, 1.807) is 12.1 Å². The maximum Gasteiger partial charge on any atom is 0.373 e. The SMILES string of the molecule is COC(=O)c1ccc(/C=C/C(=O)c2ccc(C)c(C)c2)o1. The summed E-state index contributed by atoms with van der Waals surface area (Å²) in [5.41, 5.74) is 2.83. The van der Waals surface area contributed by atoms with Crippen LogP contribution in [0.4, 0.5) is 0 Å². The van der Waals surface area contributed by atoms with Gasteiger partial charge in [0.25, 0.3) is 0 Å². The number of ketones is 1. The molecule has 0 radical (unpaired) electrons. The summed E-state index contributed by atoms with van der Waals surface area (Å²) in [4.78, 5) is 23.3. The first-order chi connectivity index (χ1) is 10.0. The molecule has 0 saturated carbocycles. The molecule has 1 heterocycles. The highest BCUT2D eigenvalue weighted by atomic mass is 16.5. The number of rotatable bonds is 4. The number of hydrogen-bond donors (Lipinski definition) is 0. The average Bonchev–Trinajstić information content (AvgIpc) is 2.95. The average molecular weight is 284 g/mol. The van der Waals surface area contributed by atoms with Crippen molar-refractivity contribution in [1.29, 1.82) is 0 Å². The molecule has 21 heavy (non-hydrogen) atoms. The summed E-state index contributed by atoms with van der Waals surface area (Å²) in [5, 5.41) is 0. The Morgan fingerprint density at radius 2 is 1.86 bits per heavy atom. The molecule has 0 aliphatic rings. The topological polar surface area (TPSA) is 56.5 Å². The summed E-state index contributed by atoms with van der Waals surface area (Å²) < 4.78 is 9.80. The number of carbonyl (C=O) groups excluding carboxylic acids is 2. The van der Waals surface area contributed by atoms with E-state index < -0.39 is 5.97 Å². The molecule has 108 valence electrons. The van der Waals surface area contributed by atoms with Gasteiger partial charge in [-0.25, -0.2) is 4.79 Å². The number of allylic oxidation sites excluding steroid dienone is 1. The van der Waals surface area contributed by atoms with Gasteiger partial charge in [0, 0.05) is 5.56 Å². The van der Waals surface area contributed by atoms with Gasteiger partial charge in [-0.05, 0) is 55.3 Å². The Balaban J connectivity index is 2.13. The first-order valence-electron chi connectivity index (χ1n) is 6.49. The smallest absolute Gasteiger partial charge is 0.373 e. The van der Waals surface area contributed by atoms with Crippen molar-refractivity contribution in [1.82, 2.24) is 0 Å².